The molecular formula is C13H10BrF2N. The van der Waals surface area contributed by atoms with Crippen LogP contribution in [0.5, 0.6) is 0 Å². The van der Waals surface area contributed by atoms with E-state index >= 15 is 0 Å². The summed E-state index contributed by atoms with van der Waals surface area (Å²) >= 11 is 3.10. The first-order valence-electron chi connectivity index (χ1n) is 5.09. The summed E-state index contributed by atoms with van der Waals surface area (Å²) < 4.78 is 26.7. The van der Waals surface area contributed by atoms with Crippen LogP contribution in [0.15, 0.2) is 46.9 Å². The number of halogens is 3. The lowest BCUT2D eigenvalue weighted by Gasteiger charge is -2.08. The first-order chi connectivity index (χ1) is 8.16. The van der Waals surface area contributed by atoms with Crippen molar-refractivity contribution in [2.24, 2.45) is 0 Å². The molecule has 0 heterocycles. The van der Waals surface area contributed by atoms with E-state index < -0.39 is 0 Å². The van der Waals surface area contributed by atoms with Gasteiger partial charge >= 0.3 is 0 Å². The SMILES string of the molecule is Fc1ccc(NCc2ccccc2F)cc1Br. The fourth-order valence-corrected chi connectivity index (χ4v) is 1.82. The molecule has 0 saturated heterocycles. The molecule has 0 amide bonds. The van der Waals surface area contributed by atoms with Crippen LogP contribution in [0.2, 0.25) is 0 Å². The maximum Gasteiger partial charge on any atom is 0.137 e. The first-order valence-corrected chi connectivity index (χ1v) is 5.88. The van der Waals surface area contributed by atoms with E-state index in [1.807, 2.05) is 0 Å². The van der Waals surface area contributed by atoms with E-state index in [0.29, 0.717) is 16.6 Å². The summed E-state index contributed by atoms with van der Waals surface area (Å²) in [5.41, 5.74) is 1.31. The lowest BCUT2D eigenvalue weighted by atomic mass is 10.2. The Morgan fingerprint density at radius 2 is 1.76 bits per heavy atom. The molecular weight excluding hydrogens is 288 g/mol. The van der Waals surface area contributed by atoms with Crippen molar-refractivity contribution in [3.8, 4) is 0 Å². The molecule has 88 valence electrons. The average Bonchev–Trinajstić information content (AvgIpc) is 2.32. The van der Waals surface area contributed by atoms with Crippen LogP contribution < -0.4 is 5.32 Å². The third kappa shape index (κ3) is 3.03. The van der Waals surface area contributed by atoms with Gasteiger partial charge in [-0.2, -0.15) is 0 Å². The summed E-state index contributed by atoms with van der Waals surface area (Å²) in [6.07, 6.45) is 0. The van der Waals surface area contributed by atoms with E-state index in [4.69, 9.17) is 0 Å². The molecule has 0 aliphatic heterocycles. The Kier molecular flexibility index (Phi) is 3.74. The van der Waals surface area contributed by atoms with Crippen molar-refractivity contribution in [2.45, 2.75) is 6.54 Å². The van der Waals surface area contributed by atoms with Crippen LogP contribution in [-0.4, -0.2) is 0 Å². The van der Waals surface area contributed by atoms with Gasteiger partial charge in [0.15, 0.2) is 0 Å². The van der Waals surface area contributed by atoms with E-state index in [0.717, 1.165) is 5.69 Å². The standard InChI is InChI=1S/C13H10BrF2N/c14-11-7-10(5-6-13(11)16)17-8-9-3-1-2-4-12(9)15/h1-7,17H,8H2. The van der Waals surface area contributed by atoms with Gasteiger partial charge in [0.1, 0.15) is 11.6 Å². The van der Waals surface area contributed by atoms with Gasteiger partial charge in [0.25, 0.3) is 0 Å². The minimum atomic E-state index is -0.318. The van der Waals surface area contributed by atoms with Crippen LogP contribution in [-0.2, 0) is 6.54 Å². The molecule has 0 bridgehead atoms. The van der Waals surface area contributed by atoms with E-state index in [1.54, 1.807) is 30.3 Å². The Labute approximate surface area is 107 Å². The Morgan fingerprint density at radius 1 is 1.00 bits per heavy atom. The van der Waals surface area contributed by atoms with Crippen molar-refractivity contribution in [1.82, 2.24) is 0 Å². The molecule has 2 aromatic carbocycles. The molecule has 0 unspecified atom stereocenters. The predicted molar refractivity (Wildman–Crippen MR) is 67.8 cm³/mol. The van der Waals surface area contributed by atoms with Crippen LogP contribution in [0.3, 0.4) is 0 Å². The van der Waals surface area contributed by atoms with Gasteiger partial charge < -0.3 is 5.32 Å². The summed E-state index contributed by atoms with van der Waals surface area (Å²) in [6, 6.07) is 11.1. The Morgan fingerprint density at radius 3 is 2.47 bits per heavy atom. The lowest BCUT2D eigenvalue weighted by Crippen LogP contribution is -2.01. The summed E-state index contributed by atoms with van der Waals surface area (Å²) in [5, 5.41) is 3.03. The summed E-state index contributed by atoms with van der Waals surface area (Å²) in [4.78, 5) is 0. The average molecular weight is 298 g/mol. The largest absolute Gasteiger partial charge is 0.381 e. The molecule has 0 fully saturated rings. The maximum atomic E-state index is 13.3. The molecule has 2 aromatic rings. The number of nitrogens with one attached hydrogen (secondary N) is 1. The van der Waals surface area contributed by atoms with Gasteiger partial charge in [0, 0.05) is 17.8 Å². The first kappa shape index (κ1) is 12.0. The van der Waals surface area contributed by atoms with Crippen LogP contribution in [0.25, 0.3) is 0 Å². The smallest absolute Gasteiger partial charge is 0.137 e. The number of rotatable bonds is 3. The third-order valence-corrected chi connectivity index (χ3v) is 2.97. The highest BCUT2D eigenvalue weighted by Gasteiger charge is 2.02. The lowest BCUT2D eigenvalue weighted by molar-refractivity contribution is 0.612. The summed E-state index contributed by atoms with van der Waals surface area (Å²) in [7, 11) is 0. The second-order valence-electron chi connectivity index (χ2n) is 3.57. The van der Waals surface area contributed by atoms with Gasteiger partial charge in [0.05, 0.1) is 4.47 Å². The van der Waals surface area contributed by atoms with Crippen LogP contribution in [0.1, 0.15) is 5.56 Å². The van der Waals surface area contributed by atoms with Gasteiger partial charge in [-0.1, -0.05) is 18.2 Å². The molecule has 0 saturated carbocycles. The molecule has 1 N–H and O–H groups in total. The number of benzene rings is 2. The summed E-state index contributed by atoms with van der Waals surface area (Å²) in [6.45, 7) is 0.366. The molecule has 0 aliphatic carbocycles. The number of anilines is 1. The normalized spacial score (nSPS) is 10.3. The molecule has 0 atom stereocenters. The van der Waals surface area contributed by atoms with E-state index in [2.05, 4.69) is 21.2 Å². The van der Waals surface area contributed by atoms with Crippen molar-refractivity contribution >= 4 is 21.6 Å². The molecule has 1 nitrogen and oxygen atoms in total. The second-order valence-corrected chi connectivity index (χ2v) is 4.43. The fourth-order valence-electron chi connectivity index (χ4n) is 1.45. The highest BCUT2D eigenvalue weighted by atomic mass is 79.9. The summed E-state index contributed by atoms with van der Waals surface area (Å²) in [5.74, 6) is -0.567. The van der Waals surface area contributed by atoms with E-state index in [-0.39, 0.29) is 11.6 Å². The third-order valence-electron chi connectivity index (χ3n) is 2.36. The maximum absolute atomic E-state index is 13.3. The van der Waals surface area contributed by atoms with E-state index in [1.165, 1.54) is 12.1 Å². The zero-order valence-electron chi connectivity index (χ0n) is 8.88. The predicted octanol–water partition coefficient (Wildman–Crippen LogP) is 4.34. The van der Waals surface area contributed by atoms with Crippen LogP contribution >= 0.6 is 15.9 Å². The Hall–Kier alpha value is -1.42. The van der Waals surface area contributed by atoms with Crippen molar-refractivity contribution in [1.29, 1.82) is 0 Å². The van der Waals surface area contributed by atoms with Crippen LogP contribution in [0, 0.1) is 11.6 Å². The topological polar surface area (TPSA) is 12.0 Å². The van der Waals surface area contributed by atoms with Crippen molar-refractivity contribution in [3.05, 3.63) is 64.1 Å². The zero-order chi connectivity index (χ0) is 12.3. The minimum absolute atomic E-state index is 0.249. The minimum Gasteiger partial charge on any atom is -0.381 e. The fraction of sp³-hybridized carbons (Fsp3) is 0.0769. The van der Waals surface area contributed by atoms with Crippen LogP contribution in [0.4, 0.5) is 14.5 Å². The van der Waals surface area contributed by atoms with Gasteiger partial charge in [-0.15, -0.1) is 0 Å². The molecule has 2 rings (SSSR count). The van der Waals surface area contributed by atoms with Gasteiger partial charge in [-0.3, -0.25) is 0 Å². The monoisotopic (exact) mass is 297 g/mol. The Bertz CT molecular complexity index is 529. The highest BCUT2D eigenvalue weighted by Crippen LogP contribution is 2.20. The highest BCUT2D eigenvalue weighted by molar-refractivity contribution is 9.10. The quantitative estimate of drug-likeness (QED) is 0.889. The van der Waals surface area contributed by atoms with Crippen molar-refractivity contribution in [3.63, 3.8) is 0 Å². The number of hydrogen-bond donors (Lipinski definition) is 1. The molecule has 0 radical (unpaired) electrons. The van der Waals surface area contributed by atoms with Gasteiger partial charge in [-0.25, -0.2) is 8.78 Å². The Balaban J connectivity index is 2.08. The van der Waals surface area contributed by atoms with Crippen molar-refractivity contribution < 1.29 is 8.78 Å². The van der Waals surface area contributed by atoms with E-state index in [9.17, 15) is 8.78 Å². The van der Waals surface area contributed by atoms with Gasteiger partial charge in [-0.05, 0) is 40.2 Å². The molecule has 0 spiro atoms. The zero-order valence-corrected chi connectivity index (χ0v) is 10.5. The molecule has 17 heavy (non-hydrogen) atoms. The van der Waals surface area contributed by atoms with Crippen molar-refractivity contribution in [2.75, 3.05) is 5.32 Å². The van der Waals surface area contributed by atoms with Gasteiger partial charge in [0.2, 0.25) is 0 Å². The molecule has 0 aromatic heterocycles. The molecule has 4 heteroatoms. The molecule has 0 aliphatic rings. The second kappa shape index (κ2) is 5.27. The number of hydrogen-bond acceptors (Lipinski definition) is 1.